The van der Waals surface area contributed by atoms with Crippen molar-refractivity contribution < 1.29 is 0 Å². The molecule has 98 valence electrons. The molecule has 0 heterocycles. The molecule has 3 rings (SSSR count). The molecule has 1 nitrogen and oxygen atoms in total. The molecule has 2 aromatic rings. The first-order valence-corrected chi connectivity index (χ1v) is 7.23. The molecule has 19 heavy (non-hydrogen) atoms. The van der Waals surface area contributed by atoms with Gasteiger partial charge in [-0.2, -0.15) is 0 Å². The molecule has 1 aliphatic carbocycles. The van der Waals surface area contributed by atoms with E-state index in [-0.39, 0.29) is 0 Å². The first-order valence-electron chi connectivity index (χ1n) is 7.23. The average Bonchev–Trinajstić information content (AvgIpc) is 3.26. The lowest BCUT2D eigenvalue weighted by atomic mass is 10.1. The van der Waals surface area contributed by atoms with Crippen LogP contribution in [0.5, 0.6) is 0 Å². The summed E-state index contributed by atoms with van der Waals surface area (Å²) < 4.78 is 0. The largest absolute Gasteiger partial charge is 0.309 e. The van der Waals surface area contributed by atoms with Crippen LogP contribution in [-0.4, -0.2) is 6.04 Å². The zero-order valence-electron chi connectivity index (χ0n) is 11.5. The van der Waals surface area contributed by atoms with Crippen molar-refractivity contribution in [3.8, 4) is 0 Å². The summed E-state index contributed by atoms with van der Waals surface area (Å²) >= 11 is 0. The zero-order chi connectivity index (χ0) is 13.1. The fraction of sp³-hybridized carbons (Fsp3) is 0.333. The van der Waals surface area contributed by atoms with Crippen LogP contribution in [0.2, 0.25) is 0 Å². The lowest BCUT2D eigenvalue weighted by Gasteiger charge is -2.05. The molecule has 0 saturated heterocycles. The SMILES string of the molecule is CCc1ccc(CNC2CC2c2ccccc2)cc1. The molecule has 0 amide bonds. The highest BCUT2D eigenvalue weighted by molar-refractivity contribution is 5.28. The van der Waals surface area contributed by atoms with Gasteiger partial charge in [0.05, 0.1) is 0 Å². The summed E-state index contributed by atoms with van der Waals surface area (Å²) in [6.45, 7) is 3.18. The van der Waals surface area contributed by atoms with E-state index in [1.165, 1.54) is 23.1 Å². The summed E-state index contributed by atoms with van der Waals surface area (Å²) in [4.78, 5) is 0. The lowest BCUT2D eigenvalue weighted by Crippen LogP contribution is -2.17. The molecule has 1 saturated carbocycles. The number of nitrogens with one attached hydrogen (secondary N) is 1. The van der Waals surface area contributed by atoms with Crippen LogP contribution in [0.3, 0.4) is 0 Å². The molecule has 1 heteroatoms. The van der Waals surface area contributed by atoms with Crippen LogP contribution in [-0.2, 0) is 13.0 Å². The van der Waals surface area contributed by atoms with Crippen molar-refractivity contribution in [2.24, 2.45) is 0 Å². The van der Waals surface area contributed by atoms with Crippen molar-refractivity contribution in [1.82, 2.24) is 5.32 Å². The number of hydrogen-bond donors (Lipinski definition) is 1. The van der Waals surface area contributed by atoms with E-state index in [9.17, 15) is 0 Å². The highest BCUT2D eigenvalue weighted by Crippen LogP contribution is 2.40. The maximum Gasteiger partial charge on any atom is 0.0208 e. The van der Waals surface area contributed by atoms with E-state index >= 15 is 0 Å². The van der Waals surface area contributed by atoms with Gasteiger partial charge in [-0.05, 0) is 29.5 Å². The third-order valence-electron chi connectivity index (χ3n) is 4.02. The number of aryl methyl sites for hydroxylation is 1. The first-order chi connectivity index (χ1) is 9.36. The Labute approximate surface area is 115 Å². The van der Waals surface area contributed by atoms with Crippen molar-refractivity contribution >= 4 is 0 Å². The summed E-state index contributed by atoms with van der Waals surface area (Å²) in [5.74, 6) is 0.719. The van der Waals surface area contributed by atoms with Crippen molar-refractivity contribution in [3.05, 3.63) is 71.3 Å². The van der Waals surface area contributed by atoms with E-state index in [0.29, 0.717) is 6.04 Å². The molecule has 1 aliphatic rings. The van der Waals surface area contributed by atoms with Crippen LogP contribution in [0.15, 0.2) is 54.6 Å². The van der Waals surface area contributed by atoms with Crippen molar-refractivity contribution in [2.45, 2.75) is 38.3 Å². The molecule has 2 atom stereocenters. The summed E-state index contributed by atoms with van der Waals surface area (Å²) in [6, 6.07) is 20.4. The van der Waals surface area contributed by atoms with E-state index < -0.39 is 0 Å². The number of rotatable bonds is 5. The standard InChI is InChI=1S/C18H21N/c1-2-14-8-10-15(11-9-14)13-19-18-12-17(18)16-6-4-3-5-7-16/h3-11,17-19H,2,12-13H2,1H3. The molecule has 0 radical (unpaired) electrons. The Morgan fingerprint density at radius 1 is 0.947 bits per heavy atom. The summed E-state index contributed by atoms with van der Waals surface area (Å²) in [5, 5.41) is 3.66. The lowest BCUT2D eigenvalue weighted by molar-refractivity contribution is 0.672. The van der Waals surface area contributed by atoms with E-state index in [0.717, 1.165) is 18.9 Å². The van der Waals surface area contributed by atoms with Gasteiger partial charge in [-0.1, -0.05) is 61.5 Å². The number of benzene rings is 2. The van der Waals surface area contributed by atoms with Gasteiger partial charge >= 0.3 is 0 Å². The molecule has 1 fully saturated rings. The molecular weight excluding hydrogens is 230 g/mol. The summed E-state index contributed by atoms with van der Waals surface area (Å²) in [5.41, 5.74) is 4.27. The minimum Gasteiger partial charge on any atom is -0.309 e. The monoisotopic (exact) mass is 251 g/mol. The topological polar surface area (TPSA) is 12.0 Å². The zero-order valence-corrected chi connectivity index (χ0v) is 11.5. The first kappa shape index (κ1) is 12.4. The van der Waals surface area contributed by atoms with Crippen LogP contribution >= 0.6 is 0 Å². The molecule has 0 aliphatic heterocycles. The van der Waals surface area contributed by atoms with Gasteiger partial charge in [0.15, 0.2) is 0 Å². The minimum atomic E-state index is 0.660. The smallest absolute Gasteiger partial charge is 0.0208 e. The van der Waals surface area contributed by atoms with Crippen LogP contribution in [0.1, 0.15) is 36.0 Å². The molecular formula is C18H21N. The van der Waals surface area contributed by atoms with Crippen LogP contribution in [0.25, 0.3) is 0 Å². The molecule has 0 aromatic heterocycles. The van der Waals surface area contributed by atoms with Gasteiger partial charge in [-0.3, -0.25) is 0 Å². The second-order valence-electron chi connectivity index (χ2n) is 5.41. The third kappa shape index (κ3) is 3.05. The van der Waals surface area contributed by atoms with E-state index in [4.69, 9.17) is 0 Å². The predicted molar refractivity (Wildman–Crippen MR) is 80.2 cm³/mol. The Morgan fingerprint density at radius 2 is 1.63 bits per heavy atom. The van der Waals surface area contributed by atoms with Gasteiger partial charge in [0, 0.05) is 18.5 Å². The molecule has 0 bridgehead atoms. The van der Waals surface area contributed by atoms with Gasteiger partial charge in [-0.25, -0.2) is 0 Å². The predicted octanol–water partition coefficient (Wildman–Crippen LogP) is 3.89. The Morgan fingerprint density at radius 3 is 2.32 bits per heavy atom. The molecule has 1 N–H and O–H groups in total. The Bertz CT molecular complexity index is 515. The van der Waals surface area contributed by atoms with E-state index in [2.05, 4.69) is 66.8 Å². The van der Waals surface area contributed by atoms with E-state index in [1.807, 2.05) is 0 Å². The van der Waals surface area contributed by atoms with Crippen molar-refractivity contribution in [1.29, 1.82) is 0 Å². The molecule has 2 aromatic carbocycles. The van der Waals surface area contributed by atoms with Gasteiger partial charge in [-0.15, -0.1) is 0 Å². The molecule has 2 unspecified atom stereocenters. The molecule has 0 spiro atoms. The van der Waals surface area contributed by atoms with Gasteiger partial charge < -0.3 is 5.32 Å². The third-order valence-corrected chi connectivity index (χ3v) is 4.02. The highest BCUT2D eigenvalue weighted by atomic mass is 15.0. The van der Waals surface area contributed by atoms with Crippen molar-refractivity contribution in [2.75, 3.05) is 0 Å². The maximum absolute atomic E-state index is 3.66. The summed E-state index contributed by atoms with van der Waals surface area (Å²) in [7, 11) is 0. The normalized spacial score (nSPS) is 21.3. The number of hydrogen-bond acceptors (Lipinski definition) is 1. The van der Waals surface area contributed by atoms with Crippen molar-refractivity contribution in [3.63, 3.8) is 0 Å². The van der Waals surface area contributed by atoms with Crippen LogP contribution in [0.4, 0.5) is 0 Å². The van der Waals surface area contributed by atoms with Crippen LogP contribution < -0.4 is 5.32 Å². The average molecular weight is 251 g/mol. The Kier molecular flexibility index (Phi) is 3.65. The highest BCUT2D eigenvalue weighted by Gasteiger charge is 2.37. The second kappa shape index (κ2) is 5.58. The van der Waals surface area contributed by atoms with Gasteiger partial charge in [0.2, 0.25) is 0 Å². The quantitative estimate of drug-likeness (QED) is 0.850. The Hall–Kier alpha value is -1.60. The fourth-order valence-corrected chi connectivity index (χ4v) is 2.63. The summed E-state index contributed by atoms with van der Waals surface area (Å²) in [6.07, 6.45) is 2.39. The second-order valence-corrected chi connectivity index (χ2v) is 5.41. The maximum atomic E-state index is 3.66. The van der Waals surface area contributed by atoms with Gasteiger partial charge in [0.1, 0.15) is 0 Å². The minimum absolute atomic E-state index is 0.660. The van der Waals surface area contributed by atoms with E-state index in [1.54, 1.807) is 0 Å². The Balaban J connectivity index is 1.51. The fourth-order valence-electron chi connectivity index (χ4n) is 2.63. The van der Waals surface area contributed by atoms with Gasteiger partial charge in [0.25, 0.3) is 0 Å². The van der Waals surface area contributed by atoms with Crippen LogP contribution in [0, 0.1) is 0 Å².